The van der Waals surface area contributed by atoms with Crippen molar-refractivity contribution in [3.05, 3.63) is 57.2 Å². The van der Waals surface area contributed by atoms with Crippen molar-refractivity contribution >= 4 is 34.2 Å². The number of nitrogens with zero attached hydrogens (tertiary/aromatic N) is 3. The maximum absolute atomic E-state index is 13.1. The third-order valence-corrected chi connectivity index (χ3v) is 4.47. The molecule has 0 spiro atoms. The van der Waals surface area contributed by atoms with Crippen molar-refractivity contribution in [2.45, 2.75) is 6.29 Å². The molecule has 0 aliphatic carbocycles. The number of hydrogen-bond acceptors (Lipinski definition) is 6. The first-order valence-corrected chi connectivity index (χ1v) is 8.42. The summed E-state index contributed by atoms with van der Waals surface area (Å²) >= 11 is 12.6. The van der Waals surface area contributed by atoms with E-state index < -0.39 is 6.29 Å². The lowest BCUT2D eigenvalue weighted by atomic mass is 10.1. The van der Waals surface area contributed by atoms with Crippen LogP contribution in [-0.2, 0) is 9.47 Å². The van der Waals surface area contributed by atoms with Crippen LogP contribution in [0.15, 0.2) is 41.6 Å². The Morgan fingerprint density at radius 1 is 1.23 bits per heavy atom. The first-order chi connectivity index (χ1) is 12.6. The molecule has 26 heavy (non-hydrogen) atoms. The molecule has 0 fully saturated rings. The summed E-state index contributed by atoms with van der Waals surface area (Å²) in [5.41, 5.74) is 3.84. The molecule has 0 saturated carbocycles. The Hall–Kier alpha value is -2.19. The first-order valence-electron chi connectivity index (χ1n) is 7.66. The Morgan fingerprint density at radius 3 is 2.58 bits per heavy atom. The van der Waals surface area contributed by atoms with Crippen LogP contribution in [0, 0.1) is 0 Å². The highest BCUT2D eigenvalue weighted by Crippen LogP contribution is 2.33. The van der Waals surface area contributed by atoms with E-state index in [9.17, 15) is 4.79 Å². The molecule has 2 aromatic heterocycles. The smallest absolute Gasteiger partial charge is 0.278 e. The molecular formula is C17H16Cl2N4O3. The van der Waals surface area contributed by atoms with Crippen molar-refractivity contribution in [3.8, 4) is 11.1 Å². The number of halogens is 2. The van der Waals surface area contributed by atoms with E-state index in [-0.39, 0.29) is 12.1 Å². The molecule has 0 unspecified atom stereocenters. The molecule has 136 valence electrons. The number of nitrogens with one attached hydrogen (secondary N) is 1. The zero-order chi connectivity index (χ0) is 18.7. The van der Waals surface area contributed by atoms with Gasteiger partial charge in [0.2, 0.25) is 0 Å². The van der Waals surface area contributed by atoms with Gasteiger partial charge >= 0.3 is 0 Å². The van der Waals surface area contributed by atoms with Gasteiger partial charge in [-0.2, -0.15) is 0 Å². The van der Waals surface area contributed by atoms with Crippen LogP contribution in [0.2, 0.25) is 10.0 Å². The van der Waals surface area contributed by atoms with Crippen LogP contribution in [0.3, 0.4) is 0 Å². The molecule has 1 aromatic carbocycles. The van der Waals surface area contributed by atoms with Gasteiger partial charge in [-0.1, -0.05) is 29.3 Å². The van der Waals surface area contributed by atoms with Gasteiger partial charge in [-0.05, 0) is 18.2 Å². The highest BCUT2D eigenvalue weighted by molar-refractivity contribution is 6.39. The molecule has 0 atom stereocenters. The van der Waals surface area contributed by atoms with Gasteiger partial charge in [0.05, 0.1) is 22.2 Å². The Morgan fingerprint density at radius 2 is 1.92 bits per heavy atom. The van der Waals surface area contributed by atoms with Gasteiger partial charge in [0.15, 0.2) is 11.9 Å². The van der Waals surface area contributed by atoms with Crippen LogP contribution < -0.4 is 11.0 Å². The Balaban J connectivity index is 2.20. The van der Waals surface area contributed by atoms with E-state index in [1.54, 1.807) is 30.5 Å². The summed E-state index contributed by atoms with van der Waals surface area (Å²) in [6, 6.07) is 6.75. The Labute approximate surface area is 159 Å². The number of rotatable bonds is 6. The fourth-order valence-electron chi connectivity index (χ4n) is 2.57. The Kier molecular flexibility index (Phi) is 5.73. The second kappa shape index (κ2) is 8.01. The molecule has 0 amide bonds. The van der Waals surface area contributed by atoms with E-state index in [2.05, 4.69) is 15.4 Å². The van der Waals surface area contributed by atoms with Gasteiger partial charge < -0.3 is 14.9 Å². The number of methoxy groups -OCH3 is 2. The van der Waals surface area contributed by atoms with E-state index in [0.717, 1.165) is 0 Å². The topological polar surface area (TPSA) is 78.3 Å². The van der Waals surface area contributed by atoms with Crippen LogP contribution in [0.5, 0.6) is 0 Å². The van der Waals surface area contributed by atoms with Gasteiger partial charge in [-0.15, -0.1) is 0 Å². The molecule has 0 radical (unpaired) electrons. The van der Waals surface area contributed by atoms with Gasteiger partial charge in [0.25, 0.3) is 5.56 Å². The third-order valence-electron chi connectivity index (χ3n) is 3.84. The van der Waals surface area contributed by atoms with E-state index in [0.29, 0.717) is 32.2 Å². The maximum Gasteiger partial charge on any atom is 0.278 e. The summed E-state index contributed by atoms with van der Waals surface area (Å²) in [7, 11) is 3.03. The molecule has 3 rings (SSSR count). The molecule has 7 nitrogen and oxygen atoms in total. The fourth-order valence-corrected chi connectivity index (χ4v) is 3.17. The number of fused-ring (bicyclic) bond motifs is 1. The second-order valence-corrected chi connectivity index (χ2v) is 6.17. The van der Waals surface area contributed by atoms with Gasteiger partial charge in [-0.3, -0.25) is 4.79 Å². The van der Waals surface area contributed by atoms with Crippen LogP contribution >= 0.6 is 23.2 Å². The predicted octanol–water partition coefficient (Wildman–Crippen LogP) is 2.93. The minimum atomic E-state index is -0.536. The van der Waals surface area contributed by atoms with Crippen molar-refractivity contribution in [1.82, 2.24) is 14.6 Å². The highest BCUT2D eigenvalue weighted by atomic mass is 35.5. The van der Waals surface area contributed by atoms with Crippen LogP contribution in [0.4, 0.5) is 0 Å². The fraction of sp³-hybridized carbons (Fsp3) is 0.235. The quantitative estimate of drug-likeness (QED) is 0.647. The summed E-state index contributed by atoms with van der Waals surface area (Å²) in [5.74, 6) is 0. The van der Waals surface area contributed by atoms with Gasteiger partial charge in [-0.25, -0.2) is 14.6 Å². The number of pyridine rings is 1. The van der Waals surface area contributed by atoms with Crippen molar-refractivity contribution < 1.29 is 9.47 Å². The maximum atomic E-state index is 13.1. The average Bonchev–Trinajstić information content (AvgIpc) is 2.64. The highest BCUT2D eigenvalue weighted by Gasteiger charge is 2.17. The average molecular weight is 395 g/mol. The Bertz CT molecular complexity index is 969. The van der Waals surface area contributed by atoms with Crippen molar-refractivity contribution in [2.75, 3.05) is 26.2 Å². The normalized spacial score (nSPS) is 11.3. The van der Waals surface area contributed by atoms with Crippen LogP contribution in [0.1, 0.15) is 0 Å². The molecule has 0 aliphatic heterocycles. The second-order valence-electron chi connectivity index (χ2n) is 5.36. The van der Waals surface area contributed by atoms with Crippen molar-refractivity contribution in [1.29, 1.82) is 0 Å². The SMILES string of the molecule is COC(CNn1c(=O)c(-c2c(Cl)cccc2Cl)cc2cncnc21)OC. The van der Waals surface area contributed by atoms with E-state index in [1.807, 2.05) is 0 Å². The predicted molar refractivity (Wildman–Crippen MR) is 101 cm³/mol. The van der Waals surface area contributed by atoms with E-state index >= 15 is 0 Å². The van der Waals surface area contributed by atoms with Gasteiger partial charge in [0, 0.05) is 31.4 Å². The molecular weight excluding hydrogens is 379 g/mol. The molecule has 2 heterocycles. The molecule has 0 saturated heterocycles. The minimum Gasteiger partial charge on any atom is -0.354 e. The summed E-state index contributed by atoms with van der Waals surface area (Å²) in [5, 5.41) is 1.41. The molecule has 0 aliphatic rings. The zero-order valence-electron chi connectivity index (χ0n) is 14.1. The van der Waals surface area contributed by atoms with Crippen LogP contribution in [-0.4, -0.2) is 41.7 Å². The number of ether oxygens (including phenoxy) is 2. The largest absolute Gasteiger partial charge is 0.354 e. The van der Waals surface area contributed by atoms with Crippen LogP contribution in [0.25, 0.3) is 22.2 Å². The molecule has 1 N–H and O–H groups in total. The van der Waals surface area contributed by atoms with Crippen molar-refractivity contribution in [2.24, 2.45) is 0 Å². The van der Waals surface area contributed by atoms with E-state index in [4.69, 9.17) is 32.7 Å². The zero-order valence-corrected chi connectivity index (χ0v) is 15.6. The monoisotopic (exact) mass is 394 g/mol. The van der Waals surface area contributed by atoms with Crippen molar-refractivity contribution in [3.63, 3.8) is 0 Å². The number of benzene rings is 1. The lowest BCUT2D eigenvalue weighted by molar-refractivity contribution is -0.0927. The molecule has 9 heteroatoms. The third kappa shape index (κ3) is 3.52. The number of hydrogen-bond donors (Lipinski definition) is 1. The lowest BCUT2D eigenvalue weighted by Crippen LogP contribution is -2.36. The minimum absolute atomic E-state index is 0.228. The molecule has 0 bridgehead atoms. The van der Waals surface area contributed by atoms with Gasteiger partial charge in [0.1, 0.15) is 6.33 Å². The molecule has 3 aromatic rings. The summed E-state index contributed by atoms with van der Waals surface area (Å²) in [4.78, 5) is 21.3. The summed E-state index contributed by atoms with van der Waals surface area (Å²) in [6.07, 6.45) is 2.44. The first kappa shape index (κ1) is 18.6. The number of aromatic nitrogens is 3. The van der Waals surface area contributed by atoms with E-state index in [1.165, 1.54) is 25.2 Å². The standard InChI is InChI=1S/C17H16Cl2N4O3/c1-25-14(26-2)8-22-23-16-10(7-20-9-21-16)6-11(17(23)24)15-12(18)4-3-5-13(15)19/h3-7,9,14,22H,8H2,1-2H3. The summed E-state index contributed by atoms with van der Waals surface area (Å²) < 4.78 is 11.6. The lowest BCUT2D eigenvalue weighted by Gasteiger charge is -2.18. The summed E-state index contributed by atoms with van der Waals surface area (Å²) in [6.45, 7) is 0.228.